The third-order valence-corrected chi connectivity index (χ3v) is 2.47. The highest BCUT2D eigenvalue weighted by molar-refractivity contribution is 5.97. The molecule has 5 nitrogen and oxygen atoms in total. The molecule has 0 atom stereocenters. The molecule has 1 aromatic rings. The third kappa shape index (κ3) is 5.52. The number of nitrogens with zero attached hydrogens (tertiary/aromatic N) is 1. The number of para-hydroxylation sites is 1. The molecule has 0 aliphatic heterocycles. The van der Waals surface area contributed by atoms with Crippen LogP contribution in [0.25, 0.3) is 0 Å². The number of benzene rings is 1. The van der Waals surface area contributed by atoms with Crippen molar-refractivity contribution < 1.29 is 19.4 Å². The molecule has 1 rings (SSSR count). The van der Waals surface area contributed by atoms with E-state index in [0.29, 0.717) is 18.9 Å². The maximum atomic E-state index is 12.0. The van der Waals surface area contributed by atoms with Crippen molar-refractivity contribution >= 4 is 17.6 Å². The van der Waals surface area contributed by atoms with Gasteiger partial charge in [0.15, 0.2) is 0 Å². The first-order valence-electron chi connectivity index (χ1n) is 6.30. The standard InChI is InChI=1S/C14H19NO4/c1-2-9-19-10-8-13(16)15(11-14(17)18)12-6-4-3-5-7-12/h3-7H,2,8-11H2,1H3,(H,17,18). The maximum absolute atomic E-state index is 12.0. The van der Waals surface area contributed by atoms with Crippen molar-refractivity contribution in [2.45, 2.75) is 19.8 Å². The molecule has 5 heteroatoms. The van der Waals surface area contributed by atoms with Gasteiger partial charge in [0.2, 0.25) is 5.91 Å². The lowest BCUT2D eigenvalue weighted by atomic mass is 10.2. The van der Waals surface area contributed by atoms with Crippen molar-refractivity contribution in [1.82, 2.24) is 0 Å². The zero-order chi connectivity index (χ0) is 14.1. The molecule has 1 amide bonds. The summed E-state index contributed by atoms with van der Waals surface area (Å²) in [6.45, 7) is 2.58. The Morgan fingerprint density at radius 2 is 1.89 bits per heavy atom. The molecule has 0 radical (unpaired) electrons. The average Bonchev–Trinajstić information content (AvgIpc) is 2.41. The molecule has 0 saturated carbocycles. The molecular formula is C14H19NO4. The van der Waals surface area contributed by atoms with Crippen molar-refractivity contribution in [3.63, 3.8) is 0 Å². The Labute approximate surface area is 112 Å². The highest BCUT2D eigenvalue weighted by Gasteiger charge is 2.18. The number of ether oxygens (including phenoxy) is 1. The number of aliphatic carboxylic acids is 1. The van der Waals surface area contributed by atoms with Crippen LogP contribution in [0.1, 0.15) is 19.8 Å². The van der Waals surface area contributed by atoms with Crippen molar-refractivity contribution in [2.24, 2.45) is 0 Å². The van der Waals surface area contributed by atoms with E-state index >= 15 is 0 Å². The average molecular weight is 265 g/mol. The Hall–Kier alpha value is -1.88. The predicted octanol–water partition coefficient (Wildman–Crippen LogP) is 1.92. The number of carboxylic acid groups (broad SMARTS) is 1. The van der Waals surface area contributed by atoms with E-state index < -0.39 is 5.97 Å². The number of hydrogen-bond acceptors (Lipinski definition) is 3. The van der Waals surface area contributed by atoms with Crippen molar-refractivity contribution in [3.05, 3.63) is 30.3 Å². The van der Waals surface area contributed by atoms with E-state index in [4.69, 9.17) is 9.84 Å². The normalized spacial score (nSPS) is 10.2. The number of rotatable bonds is 8. The van der Waals surface area contributed by atoms with Gasteiger partial charge in [-0.25, -0.2) is 0 Å². The van der Waals surface area contributed by atoms with Crippen molar-refractivity contribution in [3.8, 4) is 0 Å². The number of amides is 1. The van der Waals surface area contributed by atoms with Crippen molar-refractivity contribution in [2.75, 3.05) is 24.7 Å². The van der Waals surface area contributed by atoms with Gasteiger partial charge in [0.05, 0.1) is 13.0 Å². The number of carbonyl (C=O) groups is 2. The number of anilines is 1. The van der Waals surface area contributed by atoms with E-state index in [0.717, 1.165) is 6.42 Å². The first-order valence-corrected chi connectivity index (χ1v) is 6.30. The van der Waals surface area contributed by atoms with Gasteiger partial charge >= 0.3 is 5.97 Å². The molecule has 1 aromatic carbocycles. The molecule has 0 aliphatic rings. The fraction of sp³-hybridized carbons (Fsp3) is 0.429. The quantitative estimate of drug-likeness (QED) is 0.729. The fourth-order valence-electron chi connectivity index (χ4n) is 1.61. The van der Waals surface area contributed by atoms with Crippen molar-refractivity contribution in [1.29, 1.82) is 0 Å². The summed E-state index contributed by atoms with van der Waals surface area (Å²) in [6.07, 6.45) is 1.08. The monoisotopic (exact) mass is 265 g/mol. The van der Waals surface area contributed by atoms with Gasteiger partial charge in [-0.15, -0.1) is 0 Å². The summed E-state index contributed by atoms with van der Waals surface area (Å²) in [4.78, 5) is 24.1. The summed E-state index contributed by atoms with van der Waals surface area (Å²) in [5, 5.41) is 8.88. The lowest BCUT2D eigenvalue weighted by molar-refractivity contribution is -0.136. The fourth-order valence-corrected chi connectivity index (χ4v) is 1.61. The van der Waals surface area contributed by atoms with Crippen LogP contribution < -0.4 is 4.90 Å². The van der Waals surface area contributed by atoms with Crippen LogP contribution in [0.4, 0.5) is 5.69 Å². The second kappa shape index (κ2) is 8.26. The van der Waals surface area contributed by atoms with Crippen LogP contribution in [0.5, 0.6) is 0 Å². The van der Waals surface area contributed by atoms with Gasteiger partial charge in [-0.1, -0.05) is 25.1 Å². The van der Waals surface area contributed by atoms with Crippen LogP contribution in [0, 0.1) is 0 Å². The van der Waals surface area contributed by atoms with Crippen LogP contribution in [-0.2, 0) is 14.3 Å². The van der Waals surface area contributed by atoms with Gasteiger partial charge in [0.1, 0.15) is 6.54 Å². The number of hydrogen-bond donors (Lipinski definition) is 1. The zero-order valence-corrected chi connectivity index (χ0v) is 11.0. The molecular weight excluding hydrogens is 246 g/mol. The second-order valence-electron chi connectivity index (χ2n) is 4.07. The summed E-state index contributed by atoms with van der Waals surface area (Å²) >= 11 is 0. The molecule has 1 N–H and O–H groups in total. The highest BCUT2D eigenvalue weighted by Crippen LogP contribution is 2.14. The van der Waals surface area contributed by atoms with Crippen LogP contribution in [0.2, 0.25) is 0 Å². The molecule has 0 unspecified atom stereocenters. The van der Waals surface area contributed by atoms with E-state index in [1.807, 2.05) is 13.0 Å². The summed E-state index contributed by atoms with van der Waals surface area (Å²) in [6, 6.07) is 8.79. The molecule has 19 heavy (non-hydrogen) atoms. The number of carboxylic acids is 1. The van der Waals surface area contributed by atoms with E-state index in [-0.39, 0.29) is 18.9 Å². The van der Waals surface area contributed by atoms with E-state index in [1.54, 1.807) is 24.3 Å². The largest absolute Gasteiger partial charge is 0.480 e. The third-order valence-electron chi connectivity index (χ3n) is 2.47. The lowest BCUT2D eigenvalue weighted by Gasteiger charge is -2.20. The zero-order valence-electron chi connectivity index (χ0n) is 11.0. The topological polar surface area (TPSA) is 66.8 Å². The Morgan fingerprint density at radius 3 is 2.47 bits per heavy atom. The second-order valence-corrected chi connectivity index (χ2v) is 4.07. The van der Waals surface area contributed by atoms with Gasteiger partial charge in [0.25, 0.3) is 0 Å². The molecule has 0 heterocycles. The SMILES string of the molecule is CCCOCCC(=O)N(CC(=O)O)c1ccccc1. The van der Waals surface area contributed by atoms with Gasteiger partial charge < -0.3 is 14.7 Å². The molecule has 104 valence electrons. The summed E-state index contributed by atoms with van der Waals surface area (Å²) < 4.78 is 5.25. The molecule has 0 spiro atoms. The minimum absolute atomic E-state index is 0.183. The minimum atomic E-state index is -1.04. The first kappa shape index (κ1) is 15.2. The highest BCUT2D eigenvalue weighted by atomic mass is 16.5. The van der Waals surface area contributed by atoms with Crippen LogP contribution in [0.3, 0.4) is 0 Å². The molecule has 0 aromatic heterocycles. The summed E-state index contributed by atoms with van der Waals surface area (Å²) in [5.74, 6) is -1.28. The van der Waals surface area contributed by atoms with Crippen LogP contribution in [-0.4, -0.2) is 36.7 Å². The predicted molar refractivity (Wildman–Crippen MR) is 72.2 cm³/mol. The van der Waals surface area contributed by atoms with Crippen LogP contribution >= 0.6 is 0 Å². The summed E-state index contributed by atoms with van der Waals surface area (Å²) in [5.41, 5.74) is 0.588. The van der Waals surface area contributed by atoms with E-state index in [2.05, 4.69) is 0 Å². The Kier molecular flexibility index (Phi) is 6.60. The molecule has 0 aliphatic carbocycles. The maximum Gasteiger partial charge on any atom is 0.323 e. The van der Waals surface area contributed by atoms with E-state index in [1.165, 1.54) is 4.90 Å². The van der Waals surface area contributed by atoms with E-state index in [9.17, 15) is 9.59 Å². The van der Waals surface area contributed by atoms with Gasteiger partial charge in [-0.2, -0.15) is 0 Å². The smallest absolute Gasteiger partial charge is 0.323 e. The molecule has 0 bridgehead atoms. The molecule has 0 saturated heterocycles. The Morgan fingerprint density at radius 1 is 1.21 bits per heavy atom. The van der Waals surface area contributed by atoms with Gasteiger partial charge in [0, 0.05) is 12.3 Å². The number of carbonyl (C=O) groups excluding carboxylic acids is 1. The minimum Gasteiger partial charge on any atom is -0.480 e. The summed E-state index contributed by atoms with van der Waals surface area (Å²) in [7, 11) is 0. The van der Waals surface area contributed by atoms with Gasteiger partial charge in [-0.05, 0) is 18.6 Å². The Bertz CT molecular complexity index is 405. The molecule has 0 fully saturated rings. The Balaban J connectivity index is 2.63. The first-order chi connectivity index (χ1) is 9.15. The van der Waals surface area contributed by atoms with Gasteiger partial charge in [-0.3, -0.25) is 9.59 Å². The van der Waals surface area contributed by atoms with Crippen LogP contribution in [0.15, 0.2) is 30.3 Å². The lowest BCUT2D eigenvalue weighted by Crippen LogP contribution is -2.36.